The van der Waals surface area contributed by atoms with E-state index in [4.69, 9.17) is 0 Å². The molecule has 1 aliphatic carbocycles. The summed E-state index contributed by atoms with van der Waals surface area (Å²) in [5.74, 6) is 0.907. The van der Waals surface area contributed by atoms with Gasteiger partial charge in [-0.25, -0.2) is 0 Å². The van der Waals surface area contributed by atoms with Gasteiger partial charge >= 0.3 is 0 Å². The van der Waals surface area contributed by atoms with E-state index in [2.05, 4.69) is 19.2 Å². The summed E-state index contributed by atoms with van der Waals surface area (Å²) in [4.78, 5) is 0. The van der Waals surface area contributed by atoms with Gasteiger partial charge in [0.05, 0.1) is 0 Å². The fourth-order valence-corrected chi connectivity index (χ4v) is 3.31. The van der Waals surface area contributed by atoms with E-state index in [0.717, 1.165) is 12.0 Å². The van der Waals surface area contributed by atoms with Gasteiger partial charge in [-0.15, -0.1) is 0 Å². The van der Waals surface area contributed by atoms with Gasteiger partial charge < -0.3 is 5.32 Å². The fourth-order valence-electron chi connectivity index (χ4n) is 3.31. The van der Waals surface area contributed by atoms with Crippen LogP contribution in [0.5, 0.6) is 0 Å². The van der Waals surface area contributed by atoms with Crippen molar-refractivity contribution in [2.75, 3.05) is 6.54 Å². The highest BCUT2D eigenvalue weighted by Crippen LogP contribution is 2.44. The number of nitrogens with one attached hydrogen (secondary N) is 1. The van der Waals surface area contributed by atoms with Crippen LogP contribution >= 0.6 is 0 Å². The zero-order valence-electron chi connectivity index (χ0n) is 8.40. The summed E-state index contributed by atoms with van der Waals surface area (Å²) in [7, 11) is 0. The minimum Gasteiger partial charge on any atom is -0.313 e. The fraction of sp³-hybridized carbons (Fsp3) is 1.00. The molecule has 0 aromatic carbocycles. The third-order valence-electron chi connectivity index (χ3n) is 4.02. The van der Waals surface area contributed by atoms with Crippen LogP contribution in [0.2, 0.25) is 0 Å². The number of fused-ring (bicyclic) bond motifs is 1. The Kier molecular flexibility index (Phi) is 2.16. The molecule has 0 aromatic heterocycles. The summed E-state index contributed by atoms with van der Waals surface area (Å²) in [6.45, 7) is 6.16. The average molecular weight is 167 g/mol. The Labute approximate surface area is 75.9 Å². The van der Waals surface area contributed by atoms with Crippen LogP contribution in [0.15, 0.2) is 0 Å². The molecule has 0 aromatic rings. The van der Waals surface area contributed by atoms with Crippen LogP contribution in [-0.2, 0) is 0 Å². The normalized spacial score (nSPS) is 48.5. The molecule has 2 rings (SSSR count). The maximum Gasteiger partial charge on any atom is 0.0146 e. The molecular formula is C11H21N. The zero-order valence-corrected chi connectivity index (χ0v) is 8.40. The number of piperidine rings is 1. The third-order valence-corrected chi connectivity index (χ3v) is 4.02. The van der Waals surface area contributed by atoms with Gasteiger partial charge in [0, 0.05) is 6.04 Å². The Hall–Kier alpha value is -0.0400. The number of rotatable bonds is 0. The lowest BCUT2D eigenvalue weighted by molar-refractivity contribution is 0.0638. The van der Waals surface area contributed by atoms with Crippen molar-refractivity contribution >= 4 is 0 Å². The van der Waals surface area contributed by atoms with Crippen LogP contribution in [0.3, 0.4) is 0 Å². The van der Waals surface area contributed by atoms with Gasteiger partial charge in [0.15, 0.2) is 0 Å². The van der Waals surface area contributed by atoms with Crippen LogP contribution in [0.4, 0.5) is 0 Å². The summed E-state index contributed by atoms with van der Waals surface area (Å²) in [5.41, 5.74) is 0.635. The van der Waals surface area contributed by atoms with Gasteiger partial charge in [-0.2, -0.15) is 0 Å². The molecule has 1 saturated carbocycles. The largest absolute Gasteiger partial charge is 0.313 e. The van der Waals surface area contributed by atoms with Crippen LogP contribution in [-0.4, -0.2) is 12.6 Å². The lowest BCUT2D eigenvalue weighted by atomic mass is 9.63. The predicted octanol–water partition coefficient (Wildman–Crippen LogP) is 2.56. The maximum absolute atomic E-state index is 3.71. The van der Waals surface area contributed by atoms with Gasteiger partial charge in [0.25, 0.3) is 0 Å². The van der Waals surface area contributed by atoms with Crippen LogP contribution in [0, 0.1) is 11.3 Å². The highest BCUT2D eigenvalue weighted by Gasteiger charge is 2.41. The molecule has 1 heteroatoms. The second-order valence-electron chi connectivity index (χ2n) is 5.06. The molecule has 1 N–H and O–H groups in total. The van der Waals surface area contributed by atoms with Crippen molar-refractivity contribution in [3.05, 3.63) is 0 Å². The minimum atomic E-state index is 0.635. The van der Waals surface area contributed by atoms with Gasteiger partial charge in [-0.1, -0.05) is 20.3 Å². The van der Waals surface area contributed by atoms with Crippen molar-refractivity contribution in [3.63, 3.8) is 0 Å². The molecule has 0 bridgehead atoms. The lowest BCUT2D eigenvalue weighted by Crippen LogP contribution is -2.53. The molecular weight excluding hydrogens is 146 g/mol. The molecule has 1 heterocycles. The molecule has 1 aliphatic heterocycles. The molecule has 0 amide bonds. The van der Waals surface area contributed by atoms with Crippen molar-refractivity contribution in [3.8, 4) is 0 Å². The van der Waals surface area contributed by atoms with Crippen molar-refractivity contribution in [1.29, 1.82) is 0 Å². The second kappa shape index (κ2) is 3.02. The Morgan fingerprint density at radius 1 is 1.25 bits per heavy atom. The van der Waals surface area contributed by atoms with Gasteiger partial charge in [0.1, 0.15) is 0 Å². The van der Waals surface area contributed by atoms with E-state index >= 15 is 0 Å². The van der Waals surface area contributed by atoms with Crippen molar-refractivity contribution in [2.45, 2.75) is 52.0 Å². The molecule has 70 valence electrons. The zero-order chi connectivity index (χ0) is 8.60. The standard InChI is InChI=1S/C11H21N/c1-9-5-3-6-11(2)7-4-8-12-10(9)11/h9-10,12H,3-8H2,1-2H3/t9-,10-,11-/m1/s1. The molecule has 2 aliphatic rings. The molecule has 1 nitrogen and oxygen atoms in total. The Morgan fingerprint density at radius 2 is 2.00 bits per heavy atom. The topological polar surface area (TPSA) is 12.0 Å². The Morgan fingerprint density at radius 3 is 2.75 bits per heavy atom. The monoisotopic (exact) mass is 167 g/mol. The van der Waals surface area contributed by atoms with E-state index < -0.39 is 0 Å². The minimum absolute atomic E-state index is 0.635. The molecule has 1 saturated heterocycles. The first-order chi connectivity index (χ1) is 5.72. The summed E-state index contributed by atoms with van der Waals surface area (Å²) < 4.78 is 0. The van der Waals surface area contributed by atoms with Crippen molar-refractivity contribution < 1.29 is 0 Å². The smallest absolute Gasteiger partial charge is 0.0146 e. The van der Waals surface area contributed by atoms with Gasteiger partial charge in [-0.3, -0.25) is 0 Å². The lowest BCUT2D eigenvalue weighted by Gasteiger charge is -2.49. The highest BCUT2D eigenvalue weighted by atomic mass is 15.0. The number of hydrogen-bond acceptors (Lipinski definition) is 1. The van der Waals surface area contributed by atoms with E-state index in [-0.39, 0.29) is 0 Å². The average Bonchev–Trinajstić information content (AvgIpc) is 2.04. The molecule has 0 radical (unpaired) electrons. The molecule has 3 atom stereocenters. The summed E-state index contributed by atoms with van der Waals surface area (Å²) >= 11 is 0. The van der Waals surface area contributed by atoms with Crippen molar-refractivity contribution in [2.24, 2.45) is 11.3 Å². The summed E-state index contributed by atoms with van der Waals surface area (Å²) in [6.07, 6.45) is 7.19. The Balaban J connectivity index is 2.12. The molecule has 2 fully saturated rings. The van der Waals surface area contributed by atoms with Gasteiger partial charge in [-0.05, 0) is 43.6 Å². The highest BCUT2D eigenvalue weighted by molar-refractivity contribution is 4.96. The first-order valence-corrected chi connectivity index (χ1v) is 5.46. The van der Waals surface area contributed by atoms with E-state index in [9.17, 15) is 0 Å². The number of hydrogen-bond donors (Lipinski definition) is 1. The quantitative estimate of drug-likeness (QED) is 0.584. The first-order valence-electron chi connectivity index (χ1n) is 5.46. The molecule has 12 heavy (non-hydrogen) atoms. The van der Waals surface area contributed by atoms with Gasteiger partial charge in [0.2, 0.25) is 0 Å². The summed E-state index contributed by atoms with van der Waals surface area (Å²) in [6, 6.07) is 0.819. The first kappa shape index (κ1) is 8.55. The van der Waals surface area contributed by atoms with E-state index in [1.807, 2.05) is 0 Å². The van der Waals surface area contributed by atoms with Crippen molar-refractivity contribution in [1.82, 2.24) is 5.32 Å². The van der Waals surface area contributed by atoms with E-state index in [0.29, 0.717) is 5.41 Å². The summed E-state index contributed by atoms with van der Waals surface area (Å²) in [5, 5.41) is 3.71. The molecule has 0 unspecified atom stereocenters. The predicted molar refractivity (Wildman–Crippen MR) is 52.1 cm³/mol. The maximum atomic E-state index is 3.71. The van der Waals surface area contributed by atoms with E-state index in [1.165, 1.54) is 38.6 Å². The SMILES string of the molecule is C[C@@H]1CCC[C@]2(C)CCCN[C@H]12. The third kappa shape index (κ3) is 1.28. The molecule has 0 spiro atoms. The Bertz CT molecular complexity index is 162. The van der Waals surface area contributed by atoms with Crippen LogP contribution in [0.25, 0.3) is 0 Å². The second-order valence-corrected chi connectivity index (χ2v) is 5.06. The van der Waals surface area contributed by atoms with Crippen LogP contribution < -0.4 is 5.32 Å². The van der Waals surface area contributed by atoms with Crippen LogP contribution in [0.1, 0.15) is 46.0 Å². The van der Waals surface area contributed by atoms with E-state index in [1.54, 1.807) is 0 Å².